The molecule has 4 aromatic carbocycles. The van der Waals surface area contributed by atoms with Crippen molar-refractivity contribution in [1.29, 1.82) is 0 Å². The largest absolute Gasteiger partial charge is 0.756 e. The van der Waals surface area contributed by atoms with E-state index < -0.39 is 19.4 Å². The van der Waals surface area contributed by atoms with E-state index in [0.29, 0.717) is 17.6 Å². The Morgan fingerprint density at radius 1 is 0.544 bits per heavy atom. The first kappa shape index (κ1) is 46.6. The van der Waals surface area contributed by atoms with Crippen molar-refractivity contribution >= 4 is 7.82 Å². The van der Waals surface area contributed by atoms with Crippen LogP contribution in [0.4, 0.5) is 0 Å². The molecule has 7 nitrogen and oxygen atoms in total. The molecule has 2 atom stereocenters. The van der Waals surface area contributed by atoms with Gasteiger partial charge in [-0.2, -0.15) is 0 Å². The molecule has 0 aliphatic rings. The Kier molecular flexibility index (Phi) is 21.3. The topological polar surface area (TPSA) is 79.9 Å². The molecule has 0 aliphatic carbocycles. The number of unbranched alkanes of at least 4 members (excludes halogenated alkanes) is 13. The molecular weight excluding hydrogens is 728 g/mol. The molecule has 0 saturated heterocycles. The first-order chi connectivity index (χ1) is 27.7. The standard InChI is InChI=1S/C49H71N2O5P/c1-51(2,3)39-41-55-57(52,53)56-43-48(50-49(45-33-23-17-24-34-45,46-35-25-18-26-36-46)47-37-27-19-28-38-47)42-54-40-29-15-13-11-9-7-5-4-6-8-10-12-14-20-30-44-31-21-16-22-32-44/h16-19,21-28,31-38,48,50H,4-15,20,29-30,39-43H2,1-3H3/t48-/m1/s1. The molecule has 312 valence electrons. The monoisotopic (exact) mass is 799 g/mol. The predicted octanol–water partition coefficient (Wildman–Crippen LogP) is 10.9. The van der Waals surface area contributed by atoms with E-state index in [1.165, 1.54) is 89.0 Å². The lowest BCUT2D eigenvalue weighted by molar-refractivity contribution is -0.870. The summed E-state index contributed by atoms with van der Waals surface area (Å²) in [7, 11) is 1.42. The first-order valence-electron chi connectivity index (χ1n) is 21.6. The van der Waals surface area contributed by atoms with Crippen LogP contribution in [0.15, 0.2) is 121 Å². The Balaban J connectivity index is 1.22. The number of ether oxygens (including phenoxy) is 1. The van der Waals surface area contributed by atoms with Crippen LogP contribution in [0.1, 0.15) is 112 Å². The fourth-order valence-corrected chi connectivity index (χ4v) is 8.16. The fourth-order valence-electron chi connectivity index (χ4n) is 7.42. The molecule has 0 aliphatic heterocycles. The van der Waals surface area contributed by atoms with Crippen LogP contribution in [0.3, 0.4) is 0 Å². The third-order valence-electron chi connectivity index (χ3n) is 10.7. The smallest absolute Gasteiger partial charge is 0.268 e. The van der Waals surface area contributed by atoms with Gasteiger partial charge in [0.2, 0.25) is 0 Å². The third kappa shape index (κ3) is 18.1. The Morgan fingerprint density at radius 2 is 0.947 bits per heavy atom. The summed E-state index contributed by atoms with van der Waals surface area (Å²) in [5.74, 6) is 0. The lowest BCUT2D eigenvalue weighted by Gasteiger charge is -2.40. The highest BCUT2D eigenvalue weighted by molar-refractivity contribution is 7.45. The summed E-state index contributed by atoms with van der Waals surface area (Å²) in [6.45, 7) is 1.34. The summed E-state index contributed by atoms with van der Waals surface area (Å²) in [4.78, 5) is 13.0. The van der Waals surface area contributed by atoms with Gasteiger partial charge < -0.3 is 23.2 Å². The molecule has 1 N–H and O–H groups in total. The van der Waals surface area contributed by atoms with Crippen LogP contribution in [0.25, 0.3) is 0 Å². The third-order valence-corrected chi connectivity index (χ3v) is 11.6. The van der Waals surface area contributed by atoms with Gasteiger partial charge in [0, 0.05) is 6.61 Å². The summed E-state index contributed by atoms with van der Waals surface area (Å²) >= 11 is 0. The van der Waals surface area contributed by atoms with Gasteiger partial charge in [-0.25, -0.2) is 0 Å². The van der Waals surface area contributed by atoms with Crippen LogP contribution in [0.2, 0.25) is 0 Å². The molecule has 8 heteroatoms. The summed E-state index contributed by atoms with van der Waals surface area (Å²) in [6, 6.07) is 41.2. The van der Waals surface area contributed by atoms with Crippen LogP contribution in [-0.2, 0) is 30.3 Å². The first-order valence-corrected chi connectivity index (χ1v) is 23.1. The normalized spacial score (nSPS) is 13.7. The molecule has 4 aromatic rings. The van der Waals surface area contributed by atoms with Crippen LogP contribution in [-0.4, -0.2) is 64.6 Å². The van der Waals surface area contributed by atoms with E-state index in [0.717, 1.165) is 29.5 Å². The molecule has 0 bridgehead atoms. The van der Waals surface area contributed by atoms with Crippen LogP contribution >= 0.6 is 7.82 Å². The number of likely N-dealkylation sites (N-methyl/N-ethyl adjacent to an activating group) is 1. The van der Waals surface area contributed by atoms with Gasteiger partial charge in [0.25, 0.3) is 7.82 Å². The second kappa shape index (κ2) is 26.1. The maximum atomic E-state index is 13.0. The molecule has 0 radical (unpaired) electrons. The van der Waals surface area contributed by atoms with Gasteiger partial charge in [-0.15, -0.1) is 0 Å². The van der Waals surface area contributed by atoms with E-state index in [-0.39, 0.29) is 19.8 Å². The van der Waals surface area contributed by atoms with Gasteiger partial charge in [-0.05, 0) is 41.5 Å². The maximum absolute atomic E-state index is 13.0. The summed E-state index contributed by atoms with van der Waals surface area (Å²) in [5.41, 5.74) is 3.75. The molecule has 0 fully saturated rings. The van der Waals surface area contributed by atoms with Crippen molar-refractivity contribution in [2.24, 2.45) is 0 Å². The molecule has 0 aromatic heterocycles. The van der Waals surface area contributed by atoms with E-state index >= 15 is 0 Å². The van der Waals surface area contributed by atoms with Crippen molar-refractivity contribution in [1.82, 2.24) is 5.32 Å². The number of hydrogen-bond acceptors (Lipinski definition) is 6. The number of benzene rings is 4. The zero-order valence-electron chi connectivity index (χ0n) is 35.2. The Hall–Kier alpha value is -3.13. The van der Waals surface area contributed by atoms with Gasteiger partial charge in [0.05, 0.1) is 45.9 Å². The SMILES string of the molecule is C[N+](C)(C)CCOP(=O)([O-])OC[C@@H](COCCCCCCCCCCCCCCCCc1ccccc1)NC(c1ccccc1)(c1ccccc1)c1ccccc1. The van der Waals surface area contributed by atoms with Crippen LogP contribution in [0, 0.1) is 0 Å². The zero-order valence-corrected chi connectivity index (χ0v) is 36.1. The van der Waals surface area contributed by atoms with Gasteiger partial charge in [0.15, 0.2) is 0 Å². The average molecular weight is 799 g/mol. The van der Waals surface area contributed by atoms with Crippen LogP contribution in [0.5, 0.6) is 0 Å². The van der Waals surface area contributed by atoms with E-state index in [4.69, 9.17) is 13.8 Å². The second-order valence-electron chi connectivity index (χ2n) is 16.5. The second-order valence-corrected chi connectivity index (χ2v) is 18.0. The fraction of sp³-hybridized carbons (Fsp3) is 0.510. The average Bonchev–Trinajstić information content (AvgIpc) is 3.22. The highest BCUT2D eigenvalue weighted by atomic mass is 31.2. The molecule has 0 heterocycles. The molecule has 57 heavy (non-hydrogen) atoms. The molecule has 1 unspecified atom stereocenters. The van der Waals surface area contributed by atoms with E-state index in [1.807, 2.05) is 75.7 Å². The zero-order chi connectivity index (χ0) is 40.5. The number of phosphoric ester groups is 1. The van der Waals surface area contributed by atoms with Crippen molar-refractivity contribution in [3.8, 4) is 0 Å². The quantitative estimate of drug-likeness (QED) is 0.0236. The minimum absolute atomic E-state index is 0.0526. The molecule has 0 amide bonds. The van der Waals surface area contributed by atoms with Crippen molar-refractivity contribution in [2.75, 3.05) is 54.1 Å². The summed E-state index contributed by atoms with van der Waals surface area (Å²) in [5, 5.41) is 3.86. The summed E-state index contributed by atoms with van der Waals surface area (Å²) < 4.78 is 30.7. The lowest BCUT2D eigenvalue weighted by atomic mass is 9.76. The minimum Gasteiger partial charge on any atom is -0.756 e. The van der Waals surface area contributed by atoms with Crippen molar-refractivity contribution in [3.05, 3.63) is 144 Å². The van der Waals surface area contributed by atoms with E-state index in [2.05, 4.69) is 72.0 Å². The maximum Gasteiger partial charge on any atom is 0.268 e. The molecular formula is C49H71N2O5P. The number of aryl methyl sites for hydroxylation is 1. The number of quaternary nitrogens is 1. The predicted molar refractivity (Wildman–Crippen MR) is 234 cm³/mol. The van der Waals surface area contributed by atoms with E-state index in [9.17, 15) is 9.46 Å². The van der Waals surface area contributed by atoms with E-state index in [1.54, 1.807) is 0 Å². The number of phosphoric acid groups is 1. The molecule has 0 spiro atoms. The van der Waals surface area contributed by atoms with Gasteiger partial charge >= 0.3 is 0 Å². The highest BCUT2D eigenvalue weighted by Gasteiger charge is 2.38. The van der Waals surface area contributed by atoms with Crippen LogP contribution < -0.4 is 10.2 Å². The number of hydrogen-bond donors (Lipinski definition) is 1. The number of rotatable bonds is 31. The number of nitrogens with zero attached hydrogens (tertiary/aromatic N) is 1. The Bertz CT molecular complexity index is 1540. The minimum atomic E-state index is -4.56. The summed E-state index contributed by atoms with van der Waals surface area (Å²) in [6.07, 6.45) is 19.3. The number of nitrogens with one attached hydrogen (secondary N) is 1. The van der Waals surface area contributed by atoms with Crippen molar-refractivity contribution in [2.45, 2.75) is 108 Å². The van der Waals surface area contributed by atoms with Gasteiger partial charge in [-0.1, -0.05) is 198 Å². The van der Waals surface area contributed by atoms with Gasteiger partial charge in [-0.3, -0.25) is 9.88 Å². The Morgan fingerprint density at radius 3 is 1.39 bits per heavy atom. The van der Waals surface area contributed by atoms with Gasteiger partial charge in [0.1, 0.15) is 13.2 Å². The highest BCUT2D eigenvalue weighted by Crippen LogP contribution is 2.40. The van der Waals surface area contributed by atoms with Crippen molar-refractivity contribution < 1.29 is 27.7 Å². The van der Waals surface area contributed by atoms with Crippen molar-refractivity contribution in [3.63, 3.8) is 0 Å². The Labute approximate surface area is 345 Å². The molecule has 0 saturated carbocycles. The lowest BCUT2D eigenvalue weighted by Crippen LogP contribution is -2.53. The molecule has 4 rings (SSSR count).